The van der Waals surface area contributed by atoms with E-state index in [-0.39, 0.29) is 5.56 Å². The normalized spacial score (nSPS) is 20.6. The minimum Gasteiger partial charge on any atom is -0.299 e. The van der Waals surface area contributed by atoms with E-state index in [1.165, 1.54) is 36.1 Å². The van der Waals surface area contributed by atoms with Gasteiger partial charge in [-0.3, -0.25) is 14.4 Å². The molecule has 1 saturated heterocycles. The molecule has 0 spiro atoms. The summed E-state index contributed by atoms with van der Waals surface area (Å²) in [6, 6.07) is 1.83. The molecule has 0 aromatic carbocycles. The fraction of sp³-hybridized carbons (Fsp3) is 0.667. The molecule has 0 unspecified atom stereocenters. The molecule has 6 heteroatoms. The van der Waals surface area contributed by atoms with Gasteiger partial charge in [-0.15, -0.1) is 0 Å². The van der Waals surface area contributed by atoms with Crippen LogP contribution in [0.15, 0.2) is 17.1 Å². The van der Waals surface area contributed by atoms with Gasteiger partial charge in [-0.25, -0.2) is 4.68 Å². The summed E-state index contributed by atoms with van der Waals surface area (Å²) < 4.78 is 3.94. The highest BCUT2D eigenvalue weighted by Crippen LogP contribution is 2.24. The Kier molecular flexibility index (Phi) is 4.60. The van der Waals surface area contributed by atoms with Gasteiger partial charge in [-0.2, -0.15) is 10.2 Å². The molecule has 2 aromatic rings. The first kappa shape index (κ1) is 17.2. The maximum absolute atomic E-state index is 12.3. The summed E-state index contributed by atoms with van der Waals surface area (Å²) in [5.41, 5.74) is 5.29. The van der Waals surface area contributed by atoms with Crippen LogP contribution in [0.5, 0.6) is 0 Å². The number of aromatic nitrogens is 4. The van der Waals surface area contributed by atoms with Gasteiger partial charge in [0.1, 0.15) is 0 Å². The van der Waals surface area contributed by atoms with Gasteiger partial charge in [-0.1, -0.05) is 0 Å². The van der Waals surface area contributed by atoms with Crippen LogP contribution in [-0.2, 0) is 38.9 Å². The van der Waals surface area contributed by atoms with E-state index in [2.05, 4.69) is 26.0 Å². The molecule has 144 valence electrons. The molecule has 0 bridgehead atoms. The molecule has 2 aliphatic heterocycles. The van der Waals surface area contributed by atoms with E-state index in [1.54, 1.807) is 4.68 Å². The number of hydrogen-bond acceptors (Lipinski definition) is 4. The maximum atomic E-state index is 12.3. The Bertz CT molecular complexity index is 875. The van der Waals surface area contributed by atoms with Gasteiger partial charge in [0, 0.05) is 37.0 Å². The van der Waals surface area contributed by atoms with Gasteiger partial charge in [0.15, 0.2) is 0 Å². The fourth-order valence-electron chi connectivity index (χ4n) is 5.00. The highest BCUT2D eigenvalue weighted by molar-refractivity contribution is 5.22. The van der Waals surface area contributed by atoms with Gasteiger partial charge in [-0.05, 0) is 75.9 Å². The van der Waals surface area contributed by atoms with Crippen molar-refractivity contribution < 1.29 is 0 Å². The van der Waals surface area contributed by atoms with Crippen molar-refractivity contribution in [3.05, 3.63) is 45.1 Å². The number of piperidine rings is 1. The van der Waals surface area contributed by atoms with Crippen LogP contribution in [0.2, 0.25) is 0 Å². The topological polar surface area (TPSA) is 56.0 Å². The zero-order valence-corrected chi connectivity index (χ0v) is 16.1. The molecule has 1 fully saturated rings. The van der Waals surface area contributed by atoms with E-state index in [0.29, 0.717) is 5.92 Å². The molecule has 6 nitrogen and oxygen atoms in total. The molecule has 0 N–H and O–H groups in total. The minimum absolute atomic E-state index is 0.0876. The Hall–Kier alpha value is -1.95. The molecular formula is C21H29N5O. The zero-order valence-electron chi connectivity index (χ0n) is 16.1. The van der Waals surface area contributed by atoms with Gasteiger partial charge in [0.25, 0.3) is 5.56 Å². The predicted molar refractivity (Wildman–Crippen MR) is 104 cm³/mol. The van der Waals surface area contributed by atoms with Crippen LogP contribution in [0.25, 0.3) is 0 Å². The van der Waals surface area contributed by atoms with Gasteiger partial charge >= 0.3 is 0 Å². The Labute approximate surface area is 160 Å². The molecule has 1 aliphatic carbocycles. The Morgan fingerprint density at radius 1 is 1.04 bits per heavy atom. The second-order valence-electron chi connectivity index (χ2n) is 8.51. The third-order valence-electron chi connectivity index (χ3n) is 6.62. The predicted octanol–water partition coefficient (Wildman–Crippen LogP) is 2.18. The molecule has 0 atom stereocenters. The van der Waals surface area contributed by atoms with E-state index in [9.17, 15) is 4.79 Å². The van der Waals surface area contributed by atoms with E-state index in [4.69, 9.17) is 0 Å². The van der Waals surface area contributed by atoms with Gasteiger partial charge in [0.05, 0.1) is 11.9 Å². The number of rotatable bonds is 4. The van der Waals surface area contributed by atoms with E-state index in [0.717, 1.165) is 70.5 Å². The molecule has 4 heterocycles. The van der Waals surface area contributed by atoms with E-state index in [1.807, 2.05) is 6.07 Å². The summed E-state index contributed by atoms with van der Waals surface area (Å²) in [5, 5.41) is 9.23. The zero-order chi connectivity index (χ0) is 18.2. The third kappa shape index (κ3) is 3.47. The molecule has 3 aliphatic rings. The average Bonchev–Trinajstić information content (AvgIpc) is 3.30. The highest BCUT2D eigenvalue weighted by atomic mass is 16.1. The second kappa shape index (κ2) is 7.23. The molecule has 2 aromatic heterocycles. The van der Waals surface area contributed by atoms with Crippen LogP contribution >= 0.6 is 0 Å². The summed E-state index contributed by atoms with van der Waals surface area (Å²) in [7, 11) is 0. The molecule has 0 radical (unpaired) electrons. The van der Waals surface area contributed by atoms with Crippen LogP contribution in [0.3, 0.4) is 0 Å². The molecular weight excluding hydrogens is 338 g/mol. The first-order valence-electron chi connectivity index (χ1n) is 10.6. The Morgan fingerprint density at radius 2 is 1.93 bits per heavy atom. The summed E-state index contributed by atoms with van der Waals surface area (Å²) in [6.07, 6.45) is 11.3. The van der Waals surface area contributed by atoms with E-state index >= 15 is 0 Å². The summed E-state index contributed by atoms with van der Waals surface area (Å²) >= 11 is 0. The summed E-state index contributed by atoms with van der Waals surface area (Å²) in [4.78, 5) is 14.9. The van der Waals surface area contributed by atoms with Crippen molar-refractivity contribution in [2.45, 2.75) is 71.0 Å². The first-order valence-corrected chi connectivity index (χ1v) is 10.6. The molecule has 5 rings (SSSR count). The fourth-order valence-corrected chi connectivity index (χ4v) is 5.00. The Balaban J connectivity index is 1.19. The van der Waals surface area contributed by atoms with Crippen LogP contribution < -0.4 is 5.56 Å². The number of hydrogen-bond donors (Lipinski definition) is 0. The average molecular weight is 367 g/mol. The molecule has 0 saturated carbocycles. The lowest BCUT2D eigenvalue weighted by Crippen LogP contribution is -2.36. The number of fused-ring (bicyclic) bond motifs is 2. The van der Waals surface area contributed by atoms with Crippen molar-refractivity contribution in [2.24, 2.45) is 5.92 Å². The number of aryl methyl sites for hydroxylation is 3. The number of likely N-dealkylation sites (tertiary alicyclic amines) is 1. The van der Waals surface area contributed by atoms with Crippen molar-refractivity contribution in [3.8, 4) is 0 Å². The molecule has 0 amide bonds. The lowest BCUT2D eigenvalue weighted by molar-refractivity contribution is 0.163. The molecule has 27 heavy (non-hydrogen) atoms. The van der Waals surface area contributed by atoms with Crippen LogP contribution in [0, 0.1) is 5.92 Å². The van der Waals surface area contributed by atoms with Crippen molar-refractivity contribution in [3.63, 3.8) is 0 Å². The van der Waals surface area contributed by atoms with Crippen LogP contribution in [-0.4, -0.2) is 37.6 Å². The SMILES string of the molecule is O=c1cc2c(nn1CC1CCN(Cc3cnn4c3CCCC4)CC1)CCC2. The quantitative estimate of drug-likeness (QED) is 0.831. The summed E-state index contributed by atoms with van der Waals surface area (Å²) in [5.74, 6) is 0.562. The van der Waals surface area contributed by atoms with Crippen molar-refractivity contribution in [1.29, 1.82) is 0 Å². The van der Waals surface area contributed by atoms with Gasteiger partial charge in [0.2, 0.25) is 0 Å². The first-order chi connectivity index (χ1) is 13.3. The largest absolute Gasteiger partial charge is 0.299 e. The third-order valence-corrected chi connectivity index (χ3v) is 6.62. The maximum Gasteiger partial charge on any atom is 0.267 e. The van der Waals surface area contributed by atoms with Crippen LogP contribution in [0.1, 0.15) is 54.6 Å². The second-order valence-corrected chi connectivity index (χ2v) is 8.51. The summed E-state index contributed by atoms with van der Waals surface area (Å²) in [6.45, 7) is 5.10. The smallest absolute Gasteiger partial charge is 0.267 e. The monoisotopic (exact) mass is 367 g/mol. The van der Waals surface area contributed by atoms with Crippen molar-refractivity contribution in [1.82, 2.24) is 24.5 Å². The van der Waals surface area contributed by atoms with Gasteiger partial charge < -0.3 is 0 Å². The lowest BCUT2D eigenvalue weighted by Gasteiger charge is -2.32. The number of nitrogens with zero attached hydrogens (tertiary/aromatic N) is 5. The minimum atomic E-state index is 0.0876. The van der Waals surface area contributed by atoms with E-state index < -0.39 is 0 Å². The highest BCUT2D eigenvalue weighted by Gasteiger charge is 2.23. The van der Waals surface area contributed by atoms with Crippen molar-refractivity contribution in [2.75, 3.05) is 13.1 Å². The van der Waals surface area contributed by atoms with Crippen molar-refractivity contribution >= 4 is 0 Å². The lowest BCUT2D eigenvalue weighted by atomic mass is 9.96. The van der Waals surface area contributed by atoms with Crippen LogP contribution in [0.4, 0.5) is 0 Å². The standard InChI is InChI=1S/C21H29N5O/c27-21-12-17-4-3-5-19(17)23-26(21)14-16-7-10-24(11-8-16)15-18-13-22-25-9-2-1-6-20(18)25/h12-13,16H,1-11,14-15H2. The Morgan fingerprint density at radius 3 is 2.81 bits per heavy atom.